The first-order valence-electron chi connectivity index (χ1n) is 6.06. The van der Waals surface area contributed by atoms with Crippen molar-refractivity contribution in [2.24, 2.45) is 0 Å². The van der Waals surface area contributed by atoms with Crippen LogP contribution >= 0.6 is 27.5 Å². The molecule has 20 heavy (non-hydrogen) atoms. The van der Waals surface area contributed by atoms with Gasteiger partial charge in [0.1, 0.15) is 0 Å². The maximum absolute atomic E-state index is 10.1. The molecule has 2 rings (SSSR count). The summed E-state index contributed by atoms with van der Waals surface area (Å²) in [6, 6.07) is 9.34. The topological polar surface area (TPSA) is 41.5 Å². The van der Waals surface area contributed by atoms with Gasteiger partial charge in [-0.05, 0) is 46.6 Å². The van der Waals surface area contributed by atoms with Gasteiger partial charge < -0.3 is 15.2 Å². The molecule has 106 valence electrons. The Balaban J connectivity index is 2.23. The van der Waals surface area contributed by atoms with Crippen LogP contribution in [0.3, 0.4) is 0 Å². The number of phenolic OH excluding ortho intramolecular Hbond substituents is 1. The molecule has 0 aliphatic carbocycles. The minimum absolute atomic E-state index is 0.105. The van der Waals surface area contributed by atoms with Gasteiger partial charge in [-0.1, -0.05) is 17.7 Å². The molecule has 0 saturated heterocycles. The Morgan fingerprint density at radius 2 is 2.05 bits per heavy atom. The maximum Gasteiger partial charge on any atom is 0.162 e. The molecule has 0 unspecified atom stereocenters. The van der Waals surface area contributed by atoms with Crippen LogP contribution in [-0.2, 0) is 6.54 Å². The lowest BCUT2D eigenvalue weighted by Gasteiger charge is -2.13. The molecule has 2 N–H and O–H groups in total. The van der Waals surface area contributed by atoms with Gasteiger partial charge in [0.15, 0.2) is 11.5 Å². The molecule has 2 aromatic carbocycles. The van der Waals surface area contributed by atoms with E-state index in [9.17, 15) is 5.11 Å². The van der Waals surface area contributed by atoms with Crippen LogP contribution in [0.2, 0.25) is 5.02 Å². The van der Waals surface area contributed by atoms with Crippen molar-refractivity contribution in [3.63, 3.8) is 0 Å². The average Bonchev–Trinajstić information content (AvgIpc) is 2.42. The molecule has 0 amide bonds. The molecule has 0 heterocycles. The summed E-state index contributed by atoms with van der Waals surface area (Å²) in [4.78, 5) is 0. The molecule has 5 heteroatoms. The van der Waals surface area contributed by atoms with Crippen LogP contribution in [-0.4, -0.2) is 12.2 Å². The first kappa shape index (κ1) is 15.0. The number of rotatable bonds is 4. The molecule has 0 saturated carbocycles. The summed E-state index contributed by atoms with van der Waals surface area (Å²) < 4.78 is 6.06. The van der Waals surface area contributed by atoms with E-state index in [2.05, 4.69) is 21.2 Å². The van der Waals surface area contributed by atoms with Gasteiger partial charge in [0.25, 0.3) is 0 Å². The standard InChI is InChI=1S/C15H15BrClNO2/c1-9-3-4-12(16)13(5-9)18-8-10-6-11(17)7-14(20-2)15(10)19/h3-7,18-19H,8H2,1-2H3. The van der Waals surface area contributed by atoms with Crippen molar-refractivity contribution in [1.29, 1.82) is 0 Å². The van der Waals surface area contributed by atoms with Gasteiger partial charge in [-0.3, -0.25) is 0 Å². The number of benzene rings is 2. The van der Waals surface area contributed by atoms with Crippen molar-refractivity contribution >= 4 is 33.2 Å². The predicted molar refractivity (Wildman–Crippen MR) is 85.9 cm³/mol. The highest BCUT2D eigenvalue weighted by Gasteiger charge is 2.10. The van der Waals surface area contributed by atoms with Crippen LogP contribution in [0.15, 0.2) is 34.8 Å². The molecule has 2 aromatic rings. The van der Waals surface area contributed by atoms with Crippen molar-refractivity contribution in [2.45, 2.75) is 13.5 Å². The third kappa shape index (κ3) is 3.38. The molecule has 0 aromatic heterocycles. The van der Waals surface area contributed by atoms with Gasteiger partial charge in [0, 0.05) is 33.4 Å². The van der Waals surface area contributed by atoms with Crippen LogP contribution in [0, 0.1) is 6.92 Å². The fourth-order valence-corrected chi connectivity index (χ4v) is 2.50. The highest BCUT2D eigenvalue weighted by Crippen LogP contribution is 2.34. The quantitative estimate of drug-likeness (QED) is 0.831. The van der Waals surface area contributed by atoms with E-state index in [0.29, 0.717) is 22.9 Å². The van der Waals surface area contributed by atoms with Crippen LogP contribution in [0.5, 0.6) is 11.5 Å². The number of aryl methyl sites for hydroxylation is 1. The van der Waals surface area contributed by atoms with Gasteiger partial charge in [-0.25, -0.2) is 0 Å². The van der Waals surface area contributed by atoms with E-state index in [0.717, 1.165) is 15.7 Å². The number of phenols is 1. The summed E-state index contributed by atoms with van der Waals surface area (Å²) in [5.74, 6) is 0.478. The van der Waals surface area contributed by atoms with E-state index >= 15 is 0 Å². The summed E-state index contributed by atoms with van der Waals surface area (Å²) in [7, 11) is 1.50. The van der Waals surface area contributed by atoms with Gasteiger partial charge in [-0.2, -0.15) is 0 Å². The van der Waals surface area contributed by atoms with Gasteiger partial charge in [0.2, 0.25) is 0 Å². The molecule has 0 radical (unpaired) electrons. The van der Waals surface area contributed by atoms with E-state index in [4.69, 9.17) is 16.3 Å². The minimum atomic E-state index is 0.105. The second kappa shape index (κ2) is 6.37. The number of methoxy groups -OCH3 is 1. The number of halogens is 2. The fourth-order valence-electron chi connectivity index (χ4n) is 1.88. The summed E-state index contributed by atoms with van der Waals surface area (Å²) in [6.07, 6.45) is 0. The van der Waals surface area contributed by atoms with E-state index in [1.807, 2.05) is 25.1 Å². The third-order valence-electron chi connectivity index (χ3n) is 2.93. The molecule has 0 spiro atoms. The molecule has 0 atom stereocenters. The molecule has 0 aliphatic rings. The van der Waals surface area contributed by atoms with Crippen molar-refractivity contribution in [3.8, 4) is 11.5 Å². The van der Waals surface area contributed by atoms with Crippen LogP contribution < -0.4 is 10.1 Å². The van der Waals surface area contributed by atoms with Gasteiger partial charge >= 0.3 is 0 Å². The number of anilines is 1. The summed E-state index contributed by atoms with van der Waals surface area (Å²) >= 11 is 9.50. The molecule has 0 aliphatic heterocycles. The molecule has 3 nitrogen and oxygen atoms in total. The minimum Gasteiger partial charge on any atom is -0.504 e. The summed E-state index contributed by atoms with van der Waals surface area (Å²) in [6.45, 7) is 2.47. The normalized spacial score (nSPS) is 10.4. The summed E-state index contributed by atoms with van der Waals surface area (Å²) in [5, 5.41) is 13.9. The monoisotopic (exact) mass is 355 g/mol. The number of ether oxygens (including phenoxy) is 1. The molecular formula is C15H15BrClNO2. The molecule has 0 fully saturated rings. The van der Waals surface area contributed by atoms with Gasteiger partial charge in [0.05, 0.1) is 7.11 Å². The van der Waals surface area contributed by atoms with E-state index in [1.165, 1.54) is 7.11 Å². The zero-order valence-corrected chi connectivity index (χ0v) is 13.5. The largest absolute Gasteiger partial charge is 0.504 e. The SMILES string of the molecule is COc1cc(Cl)cc(CNc2cc(C)ccc2Br)c1O. The Morgan fingerprint density at radius 1 is 1.30 bits per heavy atom. The second-order valence-electron chi connectivity index (χ2n) is 4.45. The zero-order valence-electron chi connectivity index (χ0n) is 11.2. The highest BCUT2D eigenvalue weighted by atomic mass is 79.9. The van der Waals surface area contributed by atoms with Gasteiger partial charge in [-0.15, -0.1) is 0 Å². The Labute approximate surface area is 131 Å². The zero-order chi connectivity index (χ0) is 14.7. The number of hydrogen-bond donors (Lipinski definition) is 2. The highest BCUT2D eigenvalue weighted by molar-refractivity contribution is 9.10. The van der Waals surface area contributed by atoms with E-state index in [-0.39, 0.29) is 5.75 Å². The van der Waals surface area contributed by atoms with Crippen LogP contribution in [0.4, 0.5) is 5.69 Å². The number of aromatic hydroxyl groups is 1. The summed E-state index contributed by atoms with van der Waals surface area (Å²) in [5.41, 5.74) is 2.80. The lowest BCUT2D eigenvalue weighted by molar-refractivity contribution is 0.371. The Hall–Kier alpha value is -1.39. The Morgan fingerprint density at radius 3 is 2.75 bits per heavy atom. The van der Waals surface area contributed by atoms with Crippen molar-refractivity contribution < 1.29 is 9.84 Å². The molecule has 0 bridgehead atoms. The van der Waals surface area contributed by atoms with Crippen LogP contribution in [0.1, 0.15) is 11.1 Å². The van der Waals surface area contributed by atoms with E-state index in [1.54, 1.807) is 12.1 Å². The van der Waals surface area contributed by atoms with Crippen molar-refractivity contribution in [1.82, 2.24) is 0 Å². The Kier molecular flexibility index (Phi) is 4.78. The number of hydrogen-bond acceptors (Lipinski definition) is 3. The van der Waals surface area contributed by atoms with Crippen LogP contribution in [0.25, 0.3) is 0 Å². The second-order valence-corrected chi connectivity index (χ2v) is 5.74. The first-order valence-corrected chi connectivity index (χ1v) is 7.23. The Bertz CT molecular complexity index is 632. The smallest absolute Gasteiger partial charge is 0.162 e. The average molecular weight is 357 g/mol. The maximum atomic E-state index is 10.1. The van der Waals surface area contributed by atoms with Crippen molar-refractivity contribution in [3.05, 3.63) is 51.0 Å². The fraction of sp³-hybridized carbons (Fsp3) is 0.200. The first-order chi connectivity index (χ1) is 9.51. The van der Waals surface area contributed by atoms with Crippen molar-refractivity contribution in [2.75, 3.05) is 12.4 Å². The third-order valence-corrected chi connectivity index (χ3v) is 3.84. The number of nitrogens with one attached hydrogen (secondary N) is 1. The molecular weight excluding hydrogens is 342 g/mol. The lowest BCUT2D eigenvalue weighted by atomic mass is 10.1. The lowest BCUT2D eigenvalue weighted by Crippen LogP contribution is -2.01. The predicted octanol–water partition coefficient (Wildman–Crippen LogP) is 4.74. The van der Waals surface area contributed by atoms with E-state index < -0.39 is 0 Å².